The van der Waals surface area contributed by atoms with Gasteiger partial charge in [-0.3, -0.25) is 9.13 Å². The second-order valence-corrected chi connectivity index (χ2v) is 10.1. The first-order chi connectivity index (χ1) is 18.5. The van der Waals surface area contributed by atoms with Gasteiger partial charge in [0.25, 0.3) is 0 Å². The normalized spacial score (nSPS) is 16.7. The van der Waals surface area contributed by atoms with Gasteiger partial charge in [0.05, 0.1) is 23.7 Å². The molecule has 12 nitrogen and oxygen atoms in total. The summed E-state index contributed by atoms with van der Waals surface area (Å²) < 4.78 is 14.3. The number of carbonyl (C=O) groups is 1. The largest absolute Gasteiger partial charge is 0.449 e. The Kier molecular flexibility index (Phi) is 6.66. The topological polar surface area (TPSA) is 132 Å². The minimum Gasteiger partial charge on any atom is -0.449 e. The van der Waals surface area contributed by atoms with Gasteiger partial charge >= 0.3 is 11.8 Å². The quantitative estimate of drug-likeness (QED) is 0.340. The molecule has 1 amide bonds. The minimum absolute atomic E-state index is 0.0355. The summed E-state index contributed by atoms with van der Waals surface area (Å²) in [5, 5.41) is 3.98. The van der Waals surface area contributed by atoms with Crippen LogP contribution in [-0.4, -0.2) is 79.0 Å². The van der Waals surface area contributed by atoms with E-state index in [0.29, 0.717) is 60.9 Å². The van der Waals surface area contributed by atoms with Crippen molar-refractivity contribution in [2.75, 3.05) is 38.2 Å². The van der Waals surface area contributed by atoms with Gasteiger partial charge in [-0.15, -0.1) is 0 Å². The summed E-state index contributed by atoms with van der Waals surface area (Å²) in [6.07, 6.45) is 4.58. The highest BCUT2D eigenvalue weighted by Crippen LogP contribution is 2.28. The van der Waals surface area contributed by atoms with Crippen molar-refractivity contribution in [3.05, 3.63) is 40.0 Å². The van der Waals surface area contributed by atoms with E-state index in [0.717, 1.165) is 36.7 Å². The van der Waals surface area contributed by atoms with E-state index in [1.165, 1.54) is 0 Å². The van der Waals surface area contributed by atoms with E-state index < -0.39 is 0 Å². The molecule has 0 saturated carbocycles. The van der Waals surface area contributed by atoms with Crippen LogP contribution in [0.15, 0.2) is 29.3 Å². The lowest BCUT2D eigenvalue weighted by Crippen LogP contribution is -2.57. The number of halogens is 1. The summed E-state index contributed by atoms with van der Waals surface area (Å²) >= 11 is 6.27. The molecule has 2 aliphatic rings. The smallest absolute Gasteiger partial charge is 0.409 e. The molecule has 2 saturated heterocycles. The highest BCUT2D eigenvalue weighted by Gasteiger charge is 2.33. The van der Waals surface area contributed by atoms with Crippen molar-refractivity contribution in [1.29, 1.82) is 0 Å². The Hall–Kier alpha value is -3.64. The molecule has 13 heteroatoms. The Bertz CT molecular complexity index is 1530. The lowest BCUT2D eigenvalue weighted by molar-refractivity contribution is 0.0696. The van der Waals surface area contributed by atoms with E-state index in [-0.39, 0.29) is 23.9 Å². The van der Waals surface area contributed by atoms with Crippen LogP contribution >= 0.6 is 11.6 Å². The van der Waals surface area contributed by atoms with Crippen molar-refractivity contribution in [2.45, 2.75) is 44.7 Å². The number of imidazole rings is 2. The van der Waals surface area contributed by atoms with Crippen LogP contribution in [0.1, 0.15) is 38.6 Å². The Morgan fingerprint density at radius 1 is 1.26 bits per heavy atom. The molecule has 200 valence electrons. The van der Waals surface area contributed by atoms with E-state index >= 15 is 0 Å². The fourth-order valence-electron chi connectivity index (χ4n) is 4.93. The number of likely N-dealkylation sites (tertiary alicyclic amines) is 1. The van der Waals surface area contributed by atoms with Gasteiger partial charge in [-0.25, -0.2) is 14.6 Å². The zero-order valence-corrected chi connectivity index (χ0v) is 21.8. The van der Waals surface area contributed by atoms with Crippen LogP contribution < -0.4 is 11.0 Å². The van der Waals surface area contributed by atoms with Gasteiger partial charge in [0, 0.05) is 37.4 Å². The Morgan fingerprint density at radius 3 is 2.87 bits per heavy atom. The first-order valence-corrected chi connectivity index (χ1v) is 13.3. The number of hydrogen-bond acceptors (Lipinski definition) is 8. The third kappa shape index (κ3) is 4.58. The van der Waals surface area contributed by atoms with Crippen molar-refractivity contribution in [1.82, 2.24) is 34.0 Å². The average Bonchev–Trinajstić information content (AvgIpc) is 3.46. The molecule has 2 fully saturated rings. The number of benzene rings is 1. The van der Waals surface area contributed by atoms with Crippen LogP contribution in [0.25, 0.3) is 28.1 Å². The molecule has 1 aromatic carbocycles. The van der Waals surface area contributed by atoms with Gasteiger partial charge in [0.1, 0.15) is 11.8 Å². The zero-order valence-electron chi connectivity index (χ0n) is 21.0. The Labute approximate surface area is 222 Å². The average molecular weight is 541 g/mol. The van der Waals surface area contributed by atoms with Gasteiger partial charge in [-0.05, 0) is 37.5 Å². The van der Waals surface area contributed by atoms with Crippen LogP contribution in [0.5, 0.6) is 0 Å². The lowest BCUT2D eigenvalue weighted by Gasteiger charge is -2.38. The van der Waals surface area contributed by atoms with Gasteiger partial charge in [-0.1, -0.05) is 24.9 Å². The number of fused-ring (bicyclic) bond motifs is 2. The number of ether oxygens (including phenoxy) is 2. The number of rotatable bonds is 7. The molecule has 0 aliphatic carbocycles. The first kappa shape index (κ1) is 24.7. The number of aromatic nitrogens is 6. The van der Waals surface area contributed by atoms with Crippen molar-refractivity contribution in [3.63, 3.8) is 0 Å². The third-order valence-electron chi connectivity index (χ3n) is 7.04. The molecule has 5 heterocycles. The van der Waals surface area contributed by atoms with Gasteiger partial charge in [0.2, 0.25) is 5.95 Å². The number of anilines is 1. The Balaban J connectivity index is 1.36. The van der Waals surface area contributed by atoms with E-state index in [2.05, 4.69) is 22.2 Å². The van der Waals surface area contributed by atoms with Crippen molar-refractivity contribution < 1.29 is 14.3 Å². The molecule has 2 N–H and O–H groups in total. The SMILES string of the molecule is CCCCOC(=O)N1CC(Nc2nc(-n3cnc4ccc(Cl)cc43)nc3c2[nH]c(=O)n3C2CCOCC2)C1. The highest BCUT2D eigenvalue weighted by molar-refractivity contribution is 6.31. The van der Waals surface area contributed by atoms with Crippen LogP contribution in [0.2, 0.25) is 5.02 Å². The van der Waals surface area contributed by atoms with Gasteiger partial charge < -0.3 is 24.7 Å². The molecule has 38 heavy (non-hydrogen) atoms. The summed E-state index contributed by atoms with van der Waals surface area (Å²) in [5.41, 5.74) is 2.29. The molecule has 0 spiro atoms. The third-order valence-corrected chi connectivity index (χ3v) is 7.28. The zero-order chi connectivity index (χ0) is 26.2. The van der Waals surface area contributed by atoms with Crippen molar-refractivity contribution in [2.24, 2.45) is 0 Å². The maximum Gasteiger partial charge on any atom is 0.409 e. The predicted octanol–water partition coefficient (Wildman–Crippen LogP) is 3.50. The summed E-state index contributed by atoms with van der Waals surface area (Å²) in [5.74, 6) is 0.848. The number of aromatic amines is 1. The van der Waals surface area contributed by atoms with Crippen LogP contribution in [-0.2, 0) is 9.47 Å². The number of H-pyrrole nitrogens is 1. The molecular weight excluding hydrogens is 512 g/mol. The maximum absolute atomic E-state index is 13.1. The molecule has 0 atom stereocenters. The maximum atomic E-state index is 13.1. The molecule has 2 aliphatic heterocycles. The second-order valence-electron chi connectivity index (χ2n) is 9.68. The van der Waals surface area contributed by atoms with Crippen molar-refractivity contribution in [3.8, 4) is 5.95 Å². The summed E-state index contributed by atoms with van der Waals surface area (Å²) in [6.45, 7) is 4.59. The fraction of sp³-hybridized carbons (Fsp3) is 0.480. The molecule has 4 aromatic rings. The summed E-state index contributed by atoms with van der Waals surface area (Å²) in [7, 11) is 0. The standard InChI is InChI=1S/C25H29ClN8O4/c1-2-3-8-38-25(36)32-12-16(13-32)28-21-20-22(34(24(35)29-20)17-6-9-37-10-7-17)31-23(30-21)33-14-27-18-5-4-15(26)11-19(18)33/h4-5,11,14,16-17H,2-3,6-10,12-13H2,1H3,(H,29,35)(H,28,30,31). The first-order valence-electron chi connectivity index (χ1n) is 12.9. The summed E-state index contributed by atoms with van der Waals surface area (Å²) in [6, 6.07) is 5.34. The number of nitrogens with one attached hydrogen (secondary N) is 2. The van der Waals surface area contributed by atoms with Gasteiger partial charge in [-0.2, -0.15) is 9.97 Å². The molecular formula is C25H29ClN8O4. The number of carbonyl (C=O) groups excluding carboxylic acids is 1. The van der Waals surface area contributed by atoms with Crippen LogP contribution in [0, 0.1) is 0 Å². The number of amides is 1. The minimum atomic E-state index is -0.314. The number of hydrogen-bond donors (Lipinski definition) is 2. The predicted molar refractivity (Wildman–Crippen MR) is 142 cm³/mol. The second kappa shape index (κ2) is 10.3. The van der Waals surface area contributed by atoms with Crippen molar-refractivity contribution >= 4 is 45.7 Å². The summed E-state index contributed by atoms with van der Waals surface area (Å²) in [4.78, 5) is 44.1. The highest BCUT2D eigenvalue weighted by atomic mass is 35.5. The number of nitrogens with zero attached hydrogens (tertiary/aromatic N) is 6. The molecule has 0 radical (unpaired) electrons. The lowest BCUT2D eigenvalue weighted by atomic mass is 10.1. The molecule has 6 rings (SSSR count). The van der Waals surface area contributed by atoms with E-state index in [9.17, 15) is 9.59 Å². The molecule has 0 bridgehead atoms. The Morgan fingerprint density at radius 2 is 2.08 bits per heavy atom. The van der Waals surface area contributed by atoms with Crippen LogP contribution in [0.4, 0.5) is 10.6 Å². The van der Waals surface area contributed by atoms with E-state index in [1.54, 1.807) is 32.5 Å². The van der Waals surface area contributed by atoms with E-state index in [1.807, 2.05) is 6.07 Å². The monoisotopic (exact) mass is 540 g/mol. The van der Waals surface area contributed by atoms with Crippen LogP contribution in [0.3, 0.4) is 0 Å². The van der Waals surface area contributed by atoms with Gasteiger partial charge in [0.15, 0.2) is 11.5 Å². The van der Waals surface area contributed by atoms with E-state index in [4.69, 9.17) is 31.0 Å². The fourth-order valence-corrected chi connectivity index (χ4v) is 5.10. The molecule has 0 unspecified atom stereocenters. The number of unbranched alkanes of at least 4 members (excludes halogenated alkanes) is 1. The molecule has 3 aromatic heterocycles.